The number of nitrogen functional groups attached to an aromatic ring is 1. The number of aromatic nitrogens is 1. The molecule has 100 valence electrons. The molecule has 1 aromatic carbocycles. The highest BCUT2D eigenvalue weighted by molar-refractivity contribution is 5.49. The van der Waals surface area contributed by atoms with Crippen LogP contribution in [0.1, 0.15) is 30.6 Å². The normalized spacial score (nSPS) is 12.1. The lowest BCUT2D eigenvalue weighted by Gasteiger charge is -2.14. The Morgan fingerprint density at radius 1 is 1.37 bits per heavy atom. The third-order valence-electron chi connectivity index (χ3n) is 2.83. The van der Waals surface area contributed by atoms with Gasteiger partial charge in [-0.05, 0) is 30.2 Å². The average molecular weight is 258 g/mol. The van der Waals surface area contributed by atoms with Crippen molar-refractivity contribution in [2.45, 2.75) is 19.4 Å². The molecule has 0 bridgehead atoms. The maximum absolute atomic E-state index is 10.3. The van der Waals surface area contributed by atoms with Crippen LogP contribution in [-0.4, -0.2) is 16.7 Å². The molecule has 0 spiro atoms. The third-order valence-corrected chi connectivity index (χ3v) is 2.83. The molecular formula is C15H18N2O2. The molecule has 0 aliphatic heterocycles. The summed E-state index contributed by atoms with van der Waals surface area (Å²) >= 11 is 0. The summed E-state index contributed by atoms with van der Waals surface area (Å²) in [5.41, 5.74) is 7.73. The summed E-state index contributed by atoms with van der Waals surface area (Å²) in [5, 5.41) is 10.3. The summed E-state index contributed by atoms with van der Waals surface area (Å²) in [6.45, 7) is 2.71. The number of benzene rings is 1. The standard InChI is InChI=1S/C15H18N2O2/c1-2-8-19-12-5-3-4-11(9-12)15(18)13-10-17-7-6-14(13)16/h3-7,9-10,15,18H,2,8H2,1H3,(H2,16,17). The van der Waals surface area contributed by atoms with Crippen molar-refractivity contribution >= 4 is 5.69 Å². The number of nitrogens with two attached hydrogens (primary N) is 1. The minimum absolute atomic E-state index is 0.530. The molecular weight excluding hydrogens is 240 g/mol. The molecule has 4 heteroatoms. The lowest BCUT2D eigenvalue weighted by atomic mass is 10.0. The minimum atomic E-state index is -0.793. The van der Waals surface area contributed by atoms with Crippen LogP contribution in [0.3, 0.4) is 0 Å². The van der Waals surface area contributed by atoms with Crippen molar-refractivity contribution in [1.82, 2.24) is 4.98 Å². The Bertz CT molecular complexity index is 543. The first kappa shape index (κ1) is 13.4. The SMILES string of the molecule is CCCOc1cccc(C(O)c2cnccc2N)c1. The number of hydrogen-bond acceptors (Lipinski definition) is 4. The number of aliphatic hydroxyl groups excluding tert-OH is 1. The molecule has 0 amide bonds. The molecule has 2 aromatic rings. The van der Waals surface area contributed by atoms with Crippen LogP contribution in [-0.2, 0) is 0 Å². The van der Waals surface area contributed by atoms with Crippen LogP contribution in [0, 0.1) is 0 Å². The summed E-state index contributed by atoms with van der Waals surface area (Å²) < 4.78 is 5.55. The van der Waals surface area contributed by atoms with E-state index in [1.54, 1.807) is 18.5 Å². The molecule has 19 heavy (non-hydrogen) atoms. The number of hydrogen-bond donors (Lipinski definition) is 2. The first-order valence-corrected chi connectivity index (χ1v) is 6.32. The number of ether oxygens (including phenoxy) is 1. The third kappa shape index (κ3) is 3.23. The number of aliphatic hydroxyl groups is 1. The molecule has 0 radical (unpaired) electrons. The average Bonchev–Trinajstić information content (AvgIpc) is 2.45. The predicted molar refractivity (Wildman–Crippen MR) is 74.9 cm³/mol. The summed E-state index contributed by atoms with van der Waals surface area (Å²) in [6, 6.07) is 9.08. The van der Waals surface area contributed by atoms with Gasteiger partial charge in [0.2, 0.25) is 0 Å². The number of rotatable bonds is 5. The van der Waals surface area contributed by atoms with E-state index in [-0.39, 0.29) is 0 Å². The second-order valence-electron chi connectivity index (χ2n) is 4.33. The molecule has 1 heterocycles. The highest BCUT2D eigenvalue weighted by Gasteiger charge is 2.14. The summed E-state index contributed by atoms with van der Waals surface area (Å²) in [7, 11) is 0. The van der Waals surface area contributed by atoms with Gasteiger partial charge in [-0.3, -0.25) is 4.98 Å². The quantitative estimate of drug-likeness (QED) is 0.864. The van der Waals surface area contributed by atoms with Gasteiger partial charge >= 0.3 is 0 Å². The van der Waals surface area contributed by atoms with Gasteiger partial charge in [-0.1, -0.05) is 19.1 Å². The van der Waals surface area contributed by atoms with E-state index in [1.165, 1.54) is 0 Å². The van der Waals surface area contributed by atoms with E-state index in [1.807, 2.05) is 24.3 Å². The Labute approximate surface area is 112 Å². The van der Waals surface area contributed by atoms with Gasteiger partial charge in [-0.2, -0.15) is 0 Å². The highest BCUT2D eigenvalue weighted by atomic mass is 16.5. The molecule has 3 N–H and O–H groups in total. The number of pyridine rings is 1. The molecule has 1 unspecified atom stereocenters. The molecule has 0 saturated carbocycles. The summed E-state index contributed by atoms with van der Waals surface area (Å²) in [4.78, 5) is 3.99. The predicted octanol–water partition coefficient (Wildman–Crippen LogP) is 2.53. The fraction of sp³-hybridized carbons (Fsp3) is 0.267. The molecule has 2 rings (SSSR count). The lowest BCUT2D eigenvalue weighted by Crippen LogP contribution is -2.05. The Morgan fingerprint density at radius 3 is 2.95 bits per heavy atom. The van der Waals surface area contributed by atoms with Crippen LogP contribution in [0.25, 0.3) is 0 Å². The molecule has 0 saturated heterocycles. The van der Waals surface area contributed by atoms with Gasteiger partial charge < -0.3 is 15.6 Å². The molecule has 1 atom stereocenters. The van der Waals surface area contributed by atoms with E-state index in [2.05, 4.69) is 11.9 Å². The van der Waals surface area contributed by atoms with E-state index in [0.29, 0.717) is 17.9 Å². The second-order valence-corrected chi connectivity index (χ2v) is 4.33. The van der Waals surface area contributed by atoms with Crippen LogP contribution < -0.4 is 10.5 Å². The summed E-state index contributed by atoms with van der Waals surface area (Å²) in [5.74, 6) is 0.751. The topological polar surface area (TPSA) is 68.4 Å². The van der Waals surface area contributed by atoms with Crippen LogP contribution in [0.4, 0.5) is 5.69 Å². The smallest absolute Gasteiger partial charge is 0.119 e. The monoisotopic (exact) mass is 258 g/mol. The first-order valence-electron chi connectivity index (χ1n) is 6.32. The van der Waals surface area contributed by atoms with Gasteiger partial charge in [-0.15, -0.1) is 0 Å². The Kier molecular flexibility index (Phi) is 4.36. The Hall–Kier alpha value is -2.07. The van der Waals surface area contributed by atoms with Crippen molar-refractivity contribution in [3.63, 3.8) is 0 Å². The van der Waals surface area contributed by atoms with E-state index in [9.17, 15) is 5.11 Å². The largest absolute Gasteiger partial charge is 0.494 e. The zero-order valence-corrected chi connectivity index (χ0v) is 10.9. The Balaban J connectivity index is 2.24. The van der Waals surface area contributed by atoms with Crippen molar-refractivity contribution in [3.8, 4) is 5.75 Å². The lowest BCUT2D eigenvalue weighted by molar-refractivity contribution is 0.219. The van der Waals surface area contributed by atoms with E-state index < -0.39 is 6.10 Å². The van der Waals surface area contributed by atoms with Crippen LogP contribution in [0.5, 0.6) is 5.75 Å². The van der Waals surface area contributed by atoms with Crippen molar-refractivity contribution in [2.75, 3.05) is 12.3 Å². The van der Waals surface area contributed by atoms with Gasteiger partial charge in [0.1, 0.15) is 11.9 Å². The minimum Gasteiger partial charge on any atom is -0.494 e. The molecule has 0 aliphatic carbocycles. The second kappa shape index (κ2) is 6.20. The van der Waals surface area contributed by atoms with Gasteiger partial charge in [0, 0.05) is 23.6 Å². The van der Waals surface area contributed by atoms with Crippen molar-refractivity contribution < 1.29 is 9.84 Å². The van der Waals surface area contributed by atoms with Crippen molar-refractivity contribution in [1.29, 1.82) is 0 Å². The maximum Gasteiger partial charge on any atom is 0.119 e. The Morgan fingerprint density at radius 2 is 2.21 bits per heavy atom. The number of nitrogens with zero attached hydrogens (tertiary/aromatic N) is 1. The van der Waals surface area contributed by atoms with E-state index >= 15 is 0 Å². The first-order chi connectivity index (χ1) is 9.22. The van der Waals surface area contributed by atoms with E-state index in [0.717, 1.165) is 17.7 Å². The zero-order valence-electron chi connectivity index (χ0n) is 10.9. The van der Waals surface area contributed by atoms with Crippen LogP contribution >= 0.6 is 0 Å². The highest BCUT2D eigenvalue weighted by Crippen LogP contribution is 2.27. The number of anilines is 1. The van der Waals surface area contributed by atoms with E-state index in [4.69, 9.17) is 10.5 Å². The van der Waals surface area contributed by atoms with Crippen LogP contribution in [0.2, 0.25) is 0 Å². The fourth-order valence-electron chi connectivity index (χ4n) is 1.82. The maximum atomic E-state index is 10.3. The van der Waals surface area contributed by atoms with Crippen molar-refractivity contribution in [3.05, 3.63) is 53.9 Å². The van der Waals surface area contributed by atoms with Gasteiger partial charge in [-0.25, -0.2) is 0 Å². The molecule has 0 aliphatic rings. The molecule has 0 fully saturated rings. The van der Waals surface area contributed by atoms with Gasteiger partial charge in [0.05, 0.1) is 6.61 Å². The van der Waals surface area contributed by atoms with Crippen molar-refractivity contribution in [2.24, 2.45) is 0 Å². The molecule has 4 nitrogen and oxygen atoms in total. The zero-order chi connectivity index (χ0) is 13.7. The van der Waals surface area contributed by atoms with Gasteiger partial charge in [0.15, 0.2) is 0 Å². The van der Waals surface area contributed by atoms with Crippen LogP contribution in [0.15, 0.2) is 42.7 Å². The summed E-state index contributed by atoms with van der Waals surface area (Å²) in [6.07, 6.45) is 3.34. The fourth-order valence-corrected chi connectivity index (χ4v) is 1.82. The molecule has 1 aromatic heterocycles. The van der Waals surface area contributed by atoms with Gasteiger partial charge in [0.25, 0.3) is 0 Å².